The highest BCUT2D eigenvalue weighted by Crippen LogP contribution is 2.17. The molecule has 1 heterocycles. The number of nitrogens with one attached hydrogen (secondary N) is 2. The van der Waals surface area contributed by atoms with Gasteiger partial charge in [0, 0.05) is 25.6 Å². The molecular formula is C13H17FN2O2. The van der Waals surface area contributed by atoms with Gasteiger partial charge in [0.15, 0.2) is 11.6 Å². The Labute approximate surface area is 106 Å². The zero-order chi connectivity index (χ0) is 13.0. The summed E-state index contributed by atoms with van der Waals surface area (Å²) in [5, 5.41) is 6.10. The van der Waals surface area contributed by atoms with E-state index in [1.165, 1.54) is 13.2 Å². The molecule has 1 fully saturated rings. The van der Waals surface area contributed by atoms with Crippen molar-refractivity contribution in [1.82, 2.24) is 10.6 Å². The van der Waals surface area contributed by atoms with Crippen LogP contribution in [0.4, 0.5) is 4.39 Å². The van der Waals surface area contributed by atoms with Gasteiger partial charge in [0.1, 0.15) is 0 Å². The van der Waals surface area contributed by atoms with Crippen molar-refractivity contribution in [3.05, 3.63) is 29.6 Å². The van der Waals surface area contributed by atoms with Crippen LogP contribution in [0.2, 0.25) is 0 Å². The van der Waals surface area contributed by atoms with Crippen molar-refractivity contribution in [3.63, 3.8) is 0 Å². The normalized spacial score (nSPS) is 19.4. The van der Waals surface area contributed by atoms with E-state index in [2.05, 4.69) is 10.6 Å². The minimum atomic E-state index is -0.353. The topological polar surface area (TPSA) is 50.4 Å². The van der Waals surface area contributed by atoms with E-state index in [4.69, 9.17) is 4.74 Å². The van der Waals surface area contributed by atoms with E-state index in [1.54, 1.807) is 6.07 Å². The molecule has 1 unspecified atom stereocenters. The molecule has 4 nitrogen and oxygen atoms in total. The zero-order valence-corrected chi connectivity index (χ0v) is 10.3. The third-order valence-electron chi connectivity index (χ3n) is 3.08. The summed E-state index contributed by atoms with van der Waals surface area (Å²) in [4.78, 5) is 11.0. The molecule has 1 aliphatic heterocycles. The largest absolute Gasteiger partial charge is 0.494 e. The van der Waals surface area contributed by atoms with E-state index >= 15 is 0 Å². The second kappa shape index (κ2) is 5.82. The summed E-state index contributed by atoms with van der Waals surface area (Å²) >= 11 is 0. The molecule has 1 aliphatic rings. The highest BCUT2D eigenvalue weighted by molar-refractivity contribution is 5.76. The Morgan fingerprint density at radius 1 is 1.56 bits per heavy atom. The summed E-state index contributed by atoms with van der Waals surface area (Å²) < 4.78 is 18.3. The van der Waals surface area contributed by atoms with Crippen molar-refractivity contribution in [1.29, 1.82) is 0 Å². The standard InChI is InChI=1S/C13H17FN2O2/c1-18-12-4-2-9(6-11(12)14)7-15-10-3-5-13(17)16-8-10/h2,4,6,10,15H,3,5,7-8H2,1H3,(H,16,17). The van der Waals surface area contributed by atoms with E-state index in [0.29, 0.717) is 19.5 Å². The monoisotopic (exact) mass is 252 g/mol. The maximum absolute atomic E-state index is 13.5. The summed E-state index contributed by atoms with van der Waals surface area (Å²) in [6, 6.07) is 5.17. The maximum atomic E-state index is 13.5. The average molecular weight is 252 g/mol. The van der Waals surface area contributed by atoms with Gasteiger partial charge in [-0.15, -0.1) is 0 Å². The number of hydrogen-bond acceptors (Lipinski definition) is 3. The van der Waals surface area contributed by atoms with Gasteiger partial charge in [-0.1, -0.05) is 6.07 Å². The van der Waals surface area contributed by atoms with Crippen molar-refractivity contribution >= 4 is 5.91 Å². The lowest BCUT2D eigenvalue weighted by atomic mass is 10.1. The minimum Gasteiger partial charge on any atom is -0.494 e. The first kappa shape index (κ1) is 12.8. The van der Waals surface area contributed by atoms with Crippen LogP contribution in [-0.2, 0) is 11.3 Å². The van der Waals surface area contributed by atoms with Gasteiger partial charge in [-0.05, 0) is 24.1 Å². The van der Waals surface area contributed by atoms with E-state index in [1.807, 2.05) is 6.07 Å². The smallest absolute Gasteiger partial charge is 0.220 e. The number of piperidine rings is 1. The molecule has 98 valence electrons. The van der Waals surface area contributed by atoms with E-state index in [-0.39, 0.29) is 23.5 Å². The highest BCUT2D eigenvalue weighted by atomic mass is 19.1. The second-order valence-corrected chi connectivity index (χ2v) is 4.39. The number of amides is 1. The molecule has 1 aromatic carbocycles. The highest BCUT2D eigenvalue weighted by Gasteiger charge is 2.17. The van der Waals surface area contributed by atoms with Crippen LogP contribution in [0.25, 0.3) is 0 Å². The summed E-state index contributed by atoms with van der Waals surface area (Å²) in [5.74, 6) is 0.000897. The predicted molar refractivity (Wildman–Crippen MR) is 65.8 cm³/mol. The van der Waals surface area contributed by atoms with Gasteiger partial charge in [-0.3, -0.25) is 4.79 Å². The summed E-state index contributed by atoms with van der Waals surface area (Å²) in [5.41, 5.74) is 0.866. The first-order valence-electron chi connectivity index (χ1n) is 6.01. The summed E-state index contributed by atoms with van der Waals surface area (Å²) in [6.07, 6.45) is 1.37. The predicted octanol–water partition coefficient (Wildman–Crippen LogP) is 1.20. The first-order chi connectivity index (χ1) is 8.69. The lowest BCUT2D eigenvalue weighted by molar-refractivity contribution is -0.122. The molecule has 0 radical (unpaired) electrons. The molecule has 18 heavy (non-hydrogen) atoms. The molecule has 2 N–H and O–H groups in total. The fraction of sp³-hybridized carbons (Fsp3) is 0.462. The fourth-order valence-corrected chi connectivity index (χ4v) is 1.99. The molecule has 2 rings (SSSR count). The number of hydrogen-bond donors (Lipinski definition) is 2. The SMILES string of the molecule is COc1ccc(CNC2CCC(=O)NC2)cc1F. The van der Waals surface area contributed by atoms with E-state index < -0.39 is 0 Å². The van der Waals surface area contributed by atoms with Crippen LogP contribution in [0.5, 0.6) is 5.75 Å². The van der Waals surface area contributed by atoms with Gasteiger partial charge in [-0.25, -0.2) is 4.39 Å². The van der Waals surface area contributed by atoms with Crippen LogP contribution in [-0.4, -0.2) is 25.6 Å². The number of halogens is 1. The van der Waals surface area contributed by atoms with Crippen molar-refractivity contribution in [2.75, 3.05) is 13.7 Å². The molecule has 0 aromatic heterocycles. The molecule has 1 amide bonds. The van der Waals surface area contributed by atoms with Crippen LogP contribution in [0.1, 0.15) is 18.4 Å². The number of carbonyl (C=O) groups is 1. The van der Waals surface area contributed by atoms with Gasteiger partial charge in [0.25, 0.3) is 0 Å². The average Bonchev–Trinajstić information content (AvgIpc) is 2.38. The van der Waals surface area contributed by atoms with Gasteiger partial charge < -0.3 is 15.4 Å². The third-order valence-corrected chi connectivity index (χ3v) is 3.08. The molecular weight excluding hydrogens is 235 g/mol. The molecule has 0 aliphatic carbocycles. The van der Waals surface area contributed by atoms with E-state index in [9.17, 15) is 9.18 Å². The molecule has 1 aromatic rings. The third kappa shape index (κ3) is 3.20. The number of rotatable bonds is 4. The zero-order valence-electron chi connectivity index (χ0n) is 10.3. The Morgan fingerprint density at radius 2 is 2.39 bits per heavy atom. The van der Waals surface area contributed by atoms with Gasteiger partial charge in [0.2, 0.25) is 5.91 Å². The van der Waals surface area contributed by atoms with Crippen molar-refractivity contribution < 1.29 is 13.9 Å². The molecule has 0 bridgehead atoms. The summed E-state index contributed by atoms with van der Waals surface area (Å²) in [7, 11) is 1.45. The summed E-state index contributed by atoms with van der Waals surface area (Å²) in [6.45, 7) is 1.22. The van der Waals surface area contributed by atoms with Gasteiger partial charge in [0.05, 0.1) is 7.11 Å². The van der Waals surface area contributed by atoms with Crippen molar-refractivity contribution in [3.8, 4) is 5.75 Å². The number of benzene rings is 1. The molecule has 0 saturated carbocycles. The molecule has 1 saturated heterocycles. The van der Waals surface area contributed by atoms with Gasteiger partial charge >= 0.3 is 0 Å². The number of methoxy groups -OCH3 is 1. The fourth-order valence-electron chi connectivity index (χ4n) is 1.99. The van der Waals surface area contributed by atoms with Crippen LogP contribution in [0.3, 0.4) is 0 Å². The maximum Gasteiger partial charge on any atom is 0.220 e. The second-order valence-electron chi connectivity index (χ2n) is 4.39. The Balaban J connectivity index is 1.86. The van der Waals surface area contributed by atoms with Crippen LogP contribution in [0.15, 0.2) is 18.2 Å². The minimum absolute atomic E-state index is 0.101. The Bertz CT molecular complexity index is 427. The van der Waals surface area contributed by atoms with Crippen LogP contribution < -0.4 is 15.4 Å². The van der Waals surface area contributed by atoms with Crippen LogP contribution >= 0.6 is 0 Å². The Hall–Kier alpha value is -1.62. The quantitative estimate of drug-likeness (QED) is 0.846. The molecule has 0 spiro atoms. The molecule has 1 atom stereocenters. The lowest BCUT2D eigenvalue weighted by Crippen LogP contribution is -2.45. The van der Waals surface area contributed by atoms with Gasteiger partial charge in [-0.2, -0.15) is 0 Å². The first-order valence-corrected chi connectivity index (χ1v) is 6.01. The Morgan fingerprint density at radius 3 is 3.00 bits per heavy atom. The molecule has 5 heteroatoms. The van der Waals surface area contributed by atoms with E-state index in [0.717, 1.165) is 12.0 Å². The van der Waals surface area contributed by atoms with Crippen LogP contribution in [0, 0.1) is 5.82 Å². The lowest BCUT2D eigenvalue weighted by Gasteiger charge is -2.23. The Kier molecular flexibility index (Phi) is 4.15. The van der Waals surface area contributed by atoms with Crippen molar-refractivity contribution in [2.24, 2.45) is 0 Å². The number of carbonyl (C=O) groups excluding carboxylic acids is 1. The number of ether oxygens (including phenoxy) is 1. The van der Waals surface area contributed by atoms with Crippen molar-refractivity contribution in [2.45, 2.75) is 25.4 Å².